The molecular formula is C19H19ClN2O3. The van der Waals surface area contributed by atoms with E-state index < -0.39 is 0 Å². The topological polar surface area (TPSA) is 66.5 Å². The predicted octanol–water partition coefficient (Wildman–Crippen LogP) is 3.21. The Morgan fingerprint density at radius 1 is 0.960 bits per heavy atom. The SMILES string of the molecule is CC(=O)c1ccc(N(CC(=O)NCc2ccc(Cl)cc2)C(C)=O)cc1. The van der Waals surface area contributed by atoms with Crippen LogP contribution in [0.5, 0.6) is 0 Å². The van der Waals surface area contributed by atoms with Crippen LogP contribution >= 0.6 is 11.6 Å². The lowest BCUT2D eigenvalue weighted by Crippen LogP contribution is -2.39. The van der Waals surface area contributed by atoms with Gasteiger partial charge in [0, 0.05) is 29.7 Å². The number of anilines is 1. The van der Waals surface area contributed by atoms with Crippen molar-refractivity contribution in [2.45, 2.75) is 20.4 Å². The molecule has 0 radical (unpaired) electrons. The number of nitrogens with zero attached hydrogens (tertiary/aromatic N) is 1. The Kier molecular flexibility index (Phi) is 6.31. The summed E-state index contributed by atoms with van der Waals surface area (Å²) in [6.07, 6.45) is 0. The molecule has 1 N–H and O–H groups in total. The van der Waals surface area contributed by atoms with E-state index >= 15 is 0 Å². The molecule has 0 fully saturated rings. The molecule has 2 amide bonds. The molecule has 0 saturated heterocycles. The minimum Gasteiger partial charge on any atom is -0.350 e. The van der Waals surface area contributed by atoms with Gasteiger partial charge in [0.05, 0.1) is 0 Å². The number of ketones is 1. The minimum absolute atomic E-state index is 0.0540. The van der Waals surface area contributed by atoms with Crippen LogP contribution in [-0.4, -0.2) is 24.1 Å². The van der Waals surface area contributed by atoms with Crippen molar-refractivity contribution in [1.82, 2.24) is 5.32 Å². The van der Waals surface area contributed by atoms with Crippen molar-refractivity contribution in [3.05, 3.63) is 64.7 Å². The molecule has 5 nitrogen and oxygen atoms in total. The number of amides is 2. The van der Waals surface area contributed by atoms with Crippen molar-refractivity contribution in [2.75, 3.05) is 11.4 Å². The normalized spacial score (nSPS) is 10.2. The van der Waals surface area contributed by atoms with Crippen LogP contribution in [0.4, 0.5) is 5.69 Å². The number of Topliss-reactive ketones (excluding diaryl/α,β-unsaturated/α-hetero) is 1. The highest BCUT2D eigenvalue weighted by molar-refractivity contribution is 6.30. The van der Waals surface area contributed by atoms with Crippen LogP contribution in [-0.2, 0) is 16.1 Å². The molecule has 6 heteroatoms. The van der Waals surface area contributed by atoms with Gasteiger partial charge >= 0.3 is 0 Å². The summed E-state index contributed by atoms with van der Waals surface area (Å²) in [6.45, 7) is 3.13. The highest BCUT2D eigenvalue weighted by atomic mass is 35.5. The molecule has 0 bridgehead atoms. The first kappa shape index (κ1) is 18.7. The molecule has 130 valence electrons. The van der Waals surface area contributed by atoms with Crippen LogP contribution in [0.1, 0.15) is 29.8 Å². The fraction of sp³-hybridized carbons (Fsp3) is 0.211. The van der Waals surface area contributed by atoms with Gasteiger partial charge in [0.25, 0.3) is 0 Å². The second-order valence-corrected chi connectivity index (χ2v) is 6.05. The van der Waals surface area contributed by atoms with Crippen LogP contribution in [0.25, 0.3) is 0 Å². The quantitative estimate of drug-likeness (QED) is 0.806. The lowest BCUT2D eigenvalue weighted by atomic mass is 10.1. The summed E-state index contributed by atoms with van der Waals surface area (Å²) >= 11 is 5.82. The zero-order valence-electron chi connectivity index (χ0n) is 14.1. The van der Waals surface area contributed by atoms with E-state index in [-0.39, 0.29) is 24.1 Å². The third-order valence-corrected chi connectivity index (χ3v) is 3.92. The monoisotopic (exact) mass is 358 g/mol. The fourth-order valence-corrected chi connectivity index (χ4v) is 2.39. The molecular weight excluding hydrogens is 340 g/mol. The number of hydrogen-bond acceptors (Lipinski definition) is 3. The number of carbonyl (C=O) groups is 3. The molecule has 0 aliphatic rings. The molecule has 0 saturated carbocycles. The molecule has 0 heterocycles. The second kappa shape index (κ2) is 8.44. The van der Waals surface area contributed by atoms with Crippen LogP contribution < -0.4 is 10.2 Å². The molecule has 2 aromatic rings. The third kappa shape index (κ3) is 5.43. The first-order chi connectivity index (χ1) is 11.9. The molecule has 25 heavy (non-hydrogen) atoms. The Bertz CT molecular complexity index is 770. The van der Waals surface area contributed by atoms with E-state index in [2.05, 4.69) is 5.32 Å². The lowest BCUT2D eigenvalue weighted by Gasteiger charge is -2.21. The molecule has 2 rings (SSSR count). The zero-order valence-corrected chi connectivity index (χ0v) is 14.8. The van der Waals surface area contributed by atoms with Gasteiger partial charge in [-0.15, -0.1) is 0 Å². The largest absolute Gasteiger partial charge is 0.350 e. The number of nitrogens with one attached hydrogen (secondary N) is 1. The maximum Gasteiger partial charge on any atom is 0.240 e. The van der Waals surface area contributed by atoms with E-state index in [1.807, 2.05) is 12.1 Å². The smallest absolute Gasteiger partial charge is 0.240 e. The Morgan fingerprint density at radius 3 is 2.08 bits per heavy atom. The molecule has 2 aromatic carbocycles. The molecule has 0 aliphatic carbocycles. The summed E-state index contributed by atoms with van der Waals surface area (Å²) in [5.74, 6) is -0.584. The third-order valence-electron chi connectivity index (χ3n) is 3.67. The van der Waals surface area contributed by atoms with Gasteiger partial charge in [0.2, 0.25) is 11.8 Å². The van der Waals surface area contributed by atoms with E-state index in [9.17, 15) is 14.4 Å². The van der Waals surface area contributed by atoms with Crippen molar-refractivity contribution >= 4 is 34.9 Å². The van der Waals surface area contributed by atoms with Crippen molar-refractivity contribution in [1.29, 1.82) is 0 Å². The summed E-state index contributed by atoms with van der Waals surface area (Å²) in [7, 11) is 0. The molecule has 0 unspecified atom stereocenters. The van der Waals surface area contributed by atoms with Crippen molar-refractivity contribution < 1.29 is 14.4 Å². The molecule has 0 spiro atoms. The van der Waals surface area contributed by atoms with E-state index in [4.69, 9.17) is 11.6 Å². The van der Waals surface area contributed by atoms with Crippen LogP contribution in [0.3, 0.4) is 0 Å². The standard InChI is InChI=1S/C19H19ClN2O3/c1-13(23)16-5-9-18(10-6-16)22(14(2)24)12-19(25)21-11-15-3-7-17(20)8-4-15/h3-10H,11-12H2,1-2H3,(H,21,25). The number of rotatable bonds is 6. The van der Waals surface area contributed by atoms with Gasteiger partial charge < -0.3 is 10.2 Å². The Balaban J connectivity index is 2.00. The van der Waals surface area contributed by atoms with Crippen LogP contribution in [0.15, 0.2) is 48.5 Å². The lowest BCUT2D eigenvalue weighted by molar-refractivity contribution is -0.123. The average Bonchev–Trinajstić information content (AvgIpc) is 2.59. The second-order valence-electron chi connectivity index (χ2n) is 5.61. The first-order valence-corrected chi connectivity index (χ1v) is 8.15. The number of carbonyl (C=O) groups excluding carboxylic acids is 3. The van der Waals surface area contributed by atoms with Gasteiger partial charge in [0.15, 0.2) is 5.78 Å². The first-order valence-electron chi connectivity index (χ1n) is 7.77. The highest BCUT2D eigenvalue weighted by Gasteiger charge is 2.16. The highest BCUT2D eigenvalue weighted by Crippen LogP contribution is 2.16. The maximum atomic E-state index is 12.2. The average molecular weight is 359 g/mol. The van der Waals surface area contributed by atoms with Gasteiger partial charge in [-0.25, -0.2) is 0 Å². The van der Waals surface area contributed by atoms with E-state index in [0.717, 1.165) is 5.56 Å². The zero-order chi connectivity index (χ0) is 18.4. The summed E-state index contributed by atoms with van der Waals surface area (Å²) in [5.41, 5.74) is 2.04. The minimum atomic E-state index is -0.277. The number of benzene rings is 2. The summed E-state index contributed by atoms with van der Waals surface area (Å²) in [5, 5.41) is 3.40. The maximum absolute atomic E-state index is 12.2. The van der Waals surface area contributed by atoms with Gasteiger partial charge in [-0.1, -0.05) is 23.7 Å². The van der Waals surface area contributed by atoms with Gasteiger partial charge in [-0.05, 0) is 48.9 Å². The van der Waals surface area contributed by atoms with Gasteiger partial charge in [0.1, 0.15) is 6.54 Å². The molecule has 0 aliphatic heterocycles. The number of halogens is 1. The van der Waals surface area contributed by atoms with E-state index in [0.29, 0.717) is 22.8 Å². The fourth-order valence-electron chi connectivity index (χ4n) is 2.26. The van der Waals surface area contributed by atoms with Crippen molar-refractivity contribution in [2.24, 2.45) is 0 Å². The summed E-state index contributed by atoms with van der Waals surface area (Å²) in [6, 6.07) is 13.7. The van der Waals surface area contributed by atoms with Gasteiger partial charge in [-0.3, -0.25) is 14.4 Å². The van der Waals surface area contributed by atoms with Crippen LogP contribution in [0, 0.1) is 0 Å². The number of hydrogen-bond donors (Lipinski definition) is 1. The van der Waals surface area contributed by atoms with Gasteiger partial charge in [-0.2, -0.15) is 0 Å². The van der Waals surface area contributed by atoms with Crippen LogP contribution in [0.2, 0.25) is 5.02 Å². The van der Waals surface area contributed by atoms with E-state index in [1.54, 1.807) is 36.4 Å². The summed E-state index contributed by atoms with van der Waals surface area (Å²) < 4.78 is 0. The Hall–Kier alpha value is -2.66. The summed E-state index contributed by atoms with van der Waals surface area (Å²) in [4.78, 5) is 36.7. The Morgan fingerprint density at radius 2 is 1.56 bits per heavy atom. The Labute approximate surface area is 151 Å². The molecule has 0 atom stereocenters. The van der Waals surface area contributed by atoms with E-state index in [1.165, 1.54) is 18.7 Å². The molecule has 0 aromatic heterocycles. The predicted molar refractivity (Wildman–Crippen MR) is 97.8 cm³/mol. The van der Waals surface area contributed by atoms with Crippen molar-refractivity contribution in [3.63, 3.8) is 0 Å². The van der Waals surface area contributed by atoms with Crippen molar-refractivity contribution in [3.8, 4) is 0 Å².